The van der Waals surface area contributed by atoms with Crippen LogP contribution in [-0.2, 0) is 4.79 Å². The van der Waals surface area contributed by atoms with Crippen molar-refractivity contribution in [2.75, 3.05) is 4.90 Å². The molecule has 2 aromatic heterocycles. The monoisotopic (exact) mass is 410 g/mol. The Bertz CT molecular complexity index is 1000. The summed E-state index contributed by atoms with van der Waals surface area (Å²) in [5.41, 5.74) is 0.379. The summed E-state index contributed by atoms with van der Waals surface area (Å²) in [5.74, 6) is -2.19. The molecule has 27 heavy (non-hydrogen) atoms. The van der Waals surface area contributed by atoms with Crippen LogP contribution in [-0.4, -0.2) is 38.0 Å². The van der Waals surface area contributed by atoms with Gasteiger partial charge in [0.05, 0.1) is 0 Å². The van der Waals surface area contributed by atoms with E-state index in [1.807, 2.05) is 0 Å². The summed E-state index contributed by atoms with van der Waals surface area (Å²) in [6.45, 7) is 2.99. The number of hydrogen-bond acceptors (Lipinski definition) is 8. The lowest BCUT2D eigenvalue weighted by Crippen LogP contribution is -2.35. The topological polar surface area (TPSA) is 109 Å². The Morgan fingerprint density at radius 1 is 1.30 bits per heavy atom. The lowest BCUT2D eigenvalue weighted by Gasteiger charge is -2.25. The van der Waals surface area contributed by atoms with E-state index in [4.69, 9.17) is 16.1 Å². The average molecular weight is 411 g/mol. The van der Waals surface area contributed by atoms with Crippen LogP contribution >= 0.6 is 22.9 Å². The summed E-state index contributed by atoms with van der Waals surface area (Å²) in [7, 11) is 0. The van der Waals surface area contributed by atoms with Crippen LogP contribution in [0.25, 0.3) is 0 Å². The molecular weight excluding hydrogens is 399 g/mol. The maximum atomic E-state index is 13.2. The Balaban J connectivity index is 2.04. The lowest BCUT2D eigenvalue weighted by atomic mass is 10.2. The highest BCUT2D eigenvalue weighted by Gasteiger charge is 2.30. The van der Waals surface area contributed by atoms with Crippen LogP contribution in [0.4, 0.5) is 15.2 Å². The number of nitrogens with zero attached hydrogens (tertiary/aromatic N) is 4. The number of aromatic nitrogens is 3. The molecule has 1 N–H and O–H groups in total. The van der Waals surface area contributed by atoms with E-state index < -0.39 is 23.6 Å². The van der Waals surface area contributed by atoms with E-state index in [-0.39, 0.29) is 26.9 Å². The summed E-state index contributed by atoms with van der Waals surface area (Å²) >= 11 is 6.97. The van der Waals surface area contributed by atoms with Crippen LogP contribution in [0.5, 0.6) is 0 Å². The molecule has 0 aliphatic carbocycles. The fraction of sp³-hybridized carbons (Fsp3) is 0.188. The van der Waals surface area contributed by atoms with E-state index in [9.17, 15) is 19.1 Å². The van der Waals surface area contributed by atoms with Crippen molar-refractivity contribution in [2.45, 2.75) is 19.9 Å². The molecule has 0 fully saturated rings. The van der Waals surface area contributed by atoms with Crippen molar-refractivity contribution in [3.63, 3.8) is 0 Å². The molecule has 3 aromatic rings. The SMILES string of the molecule is Cc1noc(C(=O)c2sc(N(c3ccc(F)cc3)[C@@H](C)C(=O)O)nc2Cl)n1. The minimum Gasteiger partial charge on any atom is -0.480 e. The summed E-state index contributed by atoms with van der Waals surface area (Å²) in [6.07, 6.45) is 0. The van der Waals surface area contributed by atoms with Crippen LogP contribution in [0.15, 0.2) is 28.8 Å². The number of halogens is 2. The number of aliphatic carboxylic acids is 1. The molecule has 0 bridgehead atoms. The third-order valence-electron chi connectivity index (χ3n) is 3.56. The van der Waals surface area contributed by atoms with Crippen LogP contribution in [0.3, 0.4) is 0 Å². The zero-order valence-electron chi connectivity index (χ0n) is 14.0. The molecule has 11 heteroatoms. The number of hydrogen-bond donors (Lipinski definition) is 1. The van der Waals surface area contributed by atoms with Crippen LogP contribution < -0.4 is 4.90 Å². The molecule has 2 heterocycles. The van der Waals surface area contributed by atoms with Gasteiger partial charge in [-0.05, 0) is 38.1 Å². The fourth-order valence-corrected chi connectivity index (χ4v) is 3.56. The number of carbonyl (C=O) groups is 2. The van der Waals surface area contributed by atoms with Crippen molar-refractivity contribution >= 4 is 45.5 Å². The van der Waals surface area contributed by atoms with Crippen LogP contribution in [0.1, 0.15) is 28.3 Å². The number of benzene rings is 1. The first-order chi connectivity index (χ1) is 12.8. The van der Waals surface area contributed by atoms with Crippen molar-refractivity contribution < 1.29 is 23.6 Å². The standard InChI is InChI=1S/C16H12ClFN4O4S/c1-7(15(24)25)22(10-5-3-9(18)4-6-10)16-20-13(17)12(27-16)11(23)14-19-8(2)21-26-14/h3-7H,1-2H3,(H,24,25)/t7-/m0/s1. The summed E-state index contributed by atoms with van der Waals surface area (Å²) < 4.78 is 18.1. The number of carbonyl (C=O) groups excluding carboxylic acids is 1. The maximum absolute atomic E-state index is 13.2. The van der Waals surface area contributed by atoms with E-state index in [2.05, 4.69) is 15.1 Å². The second-order valence-electron chi connectivity index (χ2n) is 5.45. The first-order valence-electron chi connectivity index (χ1n) is 7.57. The van der Waals surface area contributed by atoms with Gasteiger partial charge in [-0.3, -0.25) is 4.79 Å². The van der Waals surface area contributed by atoms with Gasteiger partial charge in [-0.1, -0.05) is 28.1 Å². The predicted molar refractivity (Wildman–Crippen MR) is 95.2 cm³/mol. The Kier molecular flexibility index (Phi) is 5.19. The minimum absolute atomic E-state index is 0.0278. The molecule has 0 aliphatic heterocycles. The number of rotatable bonds is 6. The van der Waals surface area contributed by atoms with Gasteiger partial charge in [0.25, 0.3) is 11.7 Å². The summed E-state index contributed by atoms with van der Waals surface area (Å²) in [5, 5.41) is 13.0. The number of thiazole rings is 1. The molecular formula is C16H12ClFN4O4S. The third kappa shape index (κ3) is 3.81. The Labute approximate surface area is 161 Å². The highest BCUT2D eigenvalue weighted by atomic mass is 35.5. The van der Waals surface area contributed by atoms with E-state index in [1.54, 1.807) is 6.92 Å². The van der Waals surface area contributed by atoms with E-state index in [1.165, 1.54) is 36.1 Å². The Morgan fingerprint density at radius 2 is 1.96 bits per heavy atom. The normalized spacial score (nSPS) is 12.0. The second-order valence-corrected chi connectivity index (χ2v) is 6.79. The number of aryl methyl sites for hydroxylation is 1. The number of carboxylic acid groups (broad SMARTS) is 1. The van der Waals surface area contributed by atoms with Crippen molar-refractivity contribution in [3.05, 3.63) is 51.8 Å². The molecule has 0 amide bonds. The third-order valence-corrected chi connectivity index (χ3v) is 5.00. The molecule has 8 nitrogen and oxygen atoms in total. The molecule has 0 saturated heterocycles. The van der Waals surface area contributed by atoms with Gasteiger partial charge in [0, 0.05) is 5.69 Å². The Morgan fingerprint density at radius 3 is 2.52 bits per heavy atom. The fourth-order valence-electron chi connectivity index (χ4n) is 2.23. The van der Waals surface area contributed by atoms with Crippen molar-refractivity contribution in [2.24, 2.45) is 0 Å². The molecule has 140 valence electrons. The van der Waals surface area contributed by atoms with E-state index in [0.29, 0.717) is 5.69 Å². The van der Waals surface area contributed by atoms with Gasteiger partial charge in [0.15, 0.2) is 16.1 Å². The molecule has 0 aliphatic rings. The predicted octanol–water partition coefficient (Wildman–Crippen LogP) is 3.47. The first-order valence-corrected chi connectivity index (χ1v) is 8.76. The van der Waals surface area contributed by atoms with Gasteiger partial charge < -0.3 is 14.5 Å². The molecule has 1 atom stereocenters. The summed E-state index contributed by atoms with van der Waals surface area (Å²) in [4.78, 5) is 33.4. The van der Waals surface area contributed by atoms with Crippen molar-refractivity contribution in [3.8, 4) is 0 Å². The molecule has 0 unspecified atom stereocenters. The van der Waals surface area contributed by atoms with Crippen LogP contribution in [0, 0.1) is 12.7 Å². The van der Waals surface area contributed by atoms with Gasteiger partial charge in [-0.25, -0.2) is 14.2 Å². The van der Waals surface area contributed by atoms with Crippen LogP contribution in [0.2, 0.25) is 5.15 Å². The molecule has 0 saturated carbocycles. The number of ketones is 1. The largest absolute Gasteiger partial charge is 0.480 e. The minimum atomic E-state index is -1.13. The van der Waals surface area contributed by atoms with Crippen molar-refractivity contribution in [1.82, 2.24) is 15.1 Å². The van der Waals surface area contributed by atoms with Gasteiger partial charge in [-0.15, -0.1) is 0 Å². The summed E-state index contributed by atoms with van der Waals surface area (Å²) in [6, 6.07) is 4.16. The smallest absolute Gasteiger partial charge is 0.326 e. The highest BCUT2D eigenvalue weighted by Crippen LogP contribution is 2.36. The van der Waals surface area contributed by atoms with Gasteiger partial charge >= 0.3 is 5.97 Å². The zero-order valence-corrected chi connectivity index (χ0v) is 15.6. The van der Waals surface area contributed by atoms with Gasteiger partial charge in [-0.2, -0.15) is 4.98 Å². The average Bonchev–Trinajstić information content (AvgIpc) is 3.22. The highest BCUT2D eigenvalue weighted by molar-refractivity contribution is 7.18. The maximum Gasteiger partial charge on any atom is 0.326 e. The molecule has 0 radical (unpaired) electrons. The van der Waals surface area contributed by atoms with E-state index >= 15 is 0 Å². The van der Waals surface area contributed by atoms with Gasteiger partial charge in [0.1, 0.15) is 16.7 Å². The lowest BCUT2D eigenvalue weighted by molar-refractivity contribution is -0.138. The quantitative estimate of drug-likeness (QED) is 0.615. The first kappa shape index (κ1) is 18.9. The Hall–Kier alpha value is -2.85. The molecule has 1 aromatic carbocycles. The zero-order chi connectivity index (χ0) is 19.7. The van der Waals surface area contributed by atoms with Crippen molar-refractivity contribution in [1.29, 1.82) is 0 Å². The number of anilines is 2. The molecule has 3 rings (SSSR count). The second kappa shape index (κ2) is 7.41. The van der Waals surface area contributed by atoms with Gasteiger partial charge in [0.2, 0.25) is 0 Å². The molecule has 0 spiro atoms. The van der Waals surface area contributed by atoms with E-state index in [0.717, 1.165) is 11.3 Å². The number of carboxylic acids is 1.